The number of amides is 1. The van der Waals surface area contributed by atoms with Crippen LogP contribution in [0.1, 0.15) is 22.3 Å². The molecule has 1 amide bonds. The van der Waals surface area contributed by atoms with Crippen LogP contribution in [0.15, 0.2) is 42.6 Å². The van der Waals surface area contributed by atoms with Crippen LogP contribution in [0.5, 0.6) is 11.9 Å². The van der Waals surface area contributed by atoms with E-state index in [1.54, 1.807) is 4.90 Å². The van der Waals surface area contributed by atoms with E-state index >= 15 is 0 Å². The lowest BCUT2D eigenvalue weighted by Crippen LogP contribution is -2.42. The molecule has 1 aliphatic rings. The minimum Gasteiger partial charge on any atom is -0.481 e. The van der Waals surface area contributed by atoms with Crippen LogP contribution in [0.3, 0.4) is 0 Å². The van der Waals surface area contributed by atoms with Crippen LogP contribution in [0.25, 0.3) is 10.8 Å². The smallest absolute Gasteiger partial charge is 0.320 e. The Balaban J connectivity index is 1.57. The first-order chi connectivity index (χ1) is 13.7. The Hall–Kier alpha value is -3.26. The van der Waals surface area contributed by atoms with Gasteiger partial charge in [0, 0.05) is 24.2 Å². The quantitative estimate of drug-likeness (QED) is 0.686. The molecule has 8 heteroatoms. The topological polar surface area (TPSA) is 86.7 Å². The van der Waals surface area contributed by atoms with Gasteiger partial charge in [0.2, 0.25) is 5.88 Å². The van der Waals surface area contributed by atoms with Gasteiger partial charge in [0.1, 0.15) is 11.8 Å². The fourth-order valence-electron chi connectivity index (χ4n) is 3.16. The molecule has 0 aliphatic carbocycles. The van der Waals surface area contributed by atoms with Gasteiger partial charge in [-0.05, 0) is 11.5 Å². The number of rotatable bonds is 4. The summed E-state index contributed by atoms with van der Waals surface area (Å²) in [5, 5.41) is 2.15. The molecule has 1 fully saturated rings. The van der Waals surface area contributed by atoms with Crippen molar-refractivity contribution in [3.8, 4) is 11.9 Å². The second kappa shape index (κ2) is 7.77. The van der Waals surface area contributed by atoms with Gasteiger partial charge in [-0.15, -0.1) is 0 Å². The molecule has 1 aromatic carbocycles. The largest absolute Gasteiger partial charge is 0.481 e. The summed E-state index contributed by atoms with van der Waals surface area (Å²) in [6.45, 7) is 1.28. The summed E-state index contributed by atoms with van der Waals surface area (Å²) in [7, 11) is 2.92. The molecule has 144 valence electrons. The third kappa shape index (κ3) is 3.59. The van der Waals surface area contributed by atoms with Gasteiger partial charge in [-0.3, -0.25) is 9.78 Å². The van der Waals surface area contributed by atoms with Gasteiger partial charge in [-0.25, -0.2) is 0 Å². The standard InChI is InChI=1S/C20H20N4O4/c1-26-18-10-16(22-20(23-18)27-2)19(25)24-7-8-28-17(12-24)15-9-13-5-3-4-6-14(13)11-21-15/h3-6,9-11,17H,7-8,12H2,1-2H3/t17-/m1/s1. The summed E-state index contributed by atoms with van der Waals surface area (Å²) in [6, 6.07) is 11.6. The van der Waals surface area contributed by atoms with Crippen LogP contribution < -0.4 is 9.47 Å². The monoisotopic (exact) mass is 380 g/mol. The summed E-state index contributed by atoms with van der Waals surface area (Å²) < 4.78 is 16.1. The molecule has 8 nitrogen and oxygen atoms in total. The second-order valence-electron chi connectivity index (χ2n) is 6.35. The fourth-order valence-corrected chi connectivity index (χ4v) is 3.16. The molecule has 1 saturated heterocycles. The molecule has 0 spiro atoms. The maximum absolute atomic E-state index is 13.0. The van der Waals surface area contributed by atoms with Crippen molar-refractivity contribution in [2.75, 3.05) is 33.9 Å². The van der Waals surface area contributed by atoms with E-state index in [-0.39, 0.29) is 29.6 Å². The zero-order chi connectivity index (χ0) is 19.5. The molecule has 0 saturated carbocycles. The van der Waals surface area contributed by atoms with E-state index in [0.29, 0.717) is 19.7 Å². The molecular formula is C20H20N4O4. The van der Waals surface area contributed by atoms with Crippen LogP contribution in [0.4, 0.5) is 0 Å². The number of ether oxygens (including phenoxy) is 3. The van der Waals surface area contributed by atoms with Crippen molar-refractivity contribution in [3.05, 3.63) is 54.0 Å². The first-order valence-corrected chi connectivity index (χ1v) is 8.90. The van der Waals surface area contributed by atoms with Crippen molar-refractivity contribution >= 4 is 16.7 Å². The minimum atomic E-state index is -0.298. The summed E-state index contributed by atoms with van der Waals surface area (Å²) in [6.07, 6.45) is 1.53. The molecule has 1 atom stereocenters. The van der Waals surface area contributed by atoms with Crippen LogP contribution in [-0.2, 0) is 4.74 Å². The highest BCUT2D eigenvalue weighted by Gasteiger charge is 2.28. The fraction of sp³-hybridized carbons (Fsp3) is 0.300. The van der Waals surface area contributed by atoms with Crippen molar-refractivity contribution in [1.82, 2.24) is 19.9 Å². The Morgan fingerprint density at radius 2 is 1.96 bits per heavy atom. The van der Waals surface area contributed by atoms with Gasteiger partial charge in [-0.1, -0.05) is 24.3 Å². The Kier molecular flexibility index (Phi) is 5.03. The number of fused-ring (bicyclic) bond motifs is 1. The van der Waals surface area contributed by atoms with Gasteiger partial charge >= 0.3 is 6.01 Å². The highest BCUT2D eigenvalue weighted by atomic mass is 16.5. The van der Waals surface area contributed by atoms with Crippen molar-refractivity contribution < 1.29 is 19.0 Å². The van der Waals surface area contributed by atoms with Crippen molar-refractivity contribution in [2.45, 2.75) is 6.10 Å². The number of carbonyl (C=O) groups excluding carboxylic acids is 1. The number of nitrogens with zero attached hydrogens (tertiary/aromatic N) is 4. The third-order valence-electron chi connectivity index (χ3n) is 4.63. The number of hydrogen-bond acceptors (Lipinski definition) is 7. The number of methoxy groups -OCH3 is 2. The van der Waals surface area contributed by atoms with Crippen molar-refractivity contribution in [3.63, 3.8) is 0 Å². The van der Waals surface area contributed by atoms with E-state index in [9.17, 15) is 4.79 Å². The summed E-state index contributed by atoms with van der Waals surface area (Å²) in [5.74, 6) is 0.0456. The zero-order valence-corrected chi connectivity index (χ0v) is 15.7. The SMILES string of the molecule is COc1cc(C(=O)N2CCO[C@@H](c3cc4ccccc4cn3)C2)nc(OC)n1. The van der Waals surface area contributed by atoms with Crippen molar-refractivity contribution in [2.24, 2.45) is 0 Å². The lowest BCUT2D eigenvalue weighted by atomic mass is 10.1. The minimum absolute atomic E-state index is 0.0868. The first kappa shape index (κ1) is 18.1. The lowest BCUT2D eigenvalue weighted by Gasteiger charge is -2.32. The predicted octanol–water partition coefficient (Wildman–Crippen LogP) is 2.26. The number of benzene rings is 1. The highest BCUT2D eigenvalue weighted by molar-refractivity contribution is 5.92. The molecule has 1 aliphatic heterocycles. The Bertz CT molecular complexity index is 988. The van der Waals surface area contributed by atoms with Crippen molar-refractivity contribution in [1.29, 1.82) is 0 Å². The zero-order valence-electron chi connectivity index (χ0n) is 15.7. The molecule has 4 rings (SSSR count). The third-order valence-corrected chi connectivity index (χ3v) is 4.63. The Morgan fingerprint density at radius 1 is 1.14 bits per heavy atom. The maximum Gasteiger partial charge on any atom is 0.320 e. The van der Waals surface area contributed by atoms with Gasteiger partial charge in [-0.2, -0.15) is 9.97 Å². The van der Waals surface area contributed by atoms with Gasteiger partial charge in [0.05, 0.1) is 33.1 Å². The molecule has 0 radical (unpaired) electrons. The molecular weight excluding hydrogens is 360 g/mol. The Labute approximate surface area is 162 Å². The average molecular weight is 380 g/mol. The summed E-state index contributed by atoms with van der Waals surface area (Å²) in [4.78, 5) is 27.4. The molecule has 28 heavy (non-hydrogen) atoms. The molecule has 0 bridgehead atoms. The lowest BCUT2D eigenvalue weighted by molar-refractivity contribution is -0.0248. The van der Waals surface area contributed by atoms with E-state index in [4.69, 9.17) is 14.2 Å². The summed E-state index contributed by atoms with van der Waals surface area (Å²) >= 11 is 0. The number of carbonyl (C=O) groups is 1. The van der Waals surface area contributed by atoms with E-state index in [1.807, 2.05) is 36.5 Å². The van der Waals surface area contributed by atoms with E-state index in [2.05, 4.69) is 15.0 Å². The normalized spacial score (nSPS) is 16.8. The number of hydrogen-bond donors (Lipinski definition) is 0. The molecule has 0 N–H and O–H groups in total. The number of pyridine rings is 1. The highest BCUT2D eigenvalue weighted by Crippen LogP contribution is 2.25. The average Bonchev–Trinajstić information content (AvgIpc) is 2.77. The molecule has 3 aromatic rings. The van der Waals surface area contributed by atoms with Gasteiger partial charge < -0.3 is 19.1 Å². The molecule has 3 heterocycles. The van der Waals surface area contributed by atoms with Crippen LogP contribution in [0.2, 0.25) is 0 Å². The Morgan fingerprint density at radius 3 is 2.75 bits per heavy atom. The van der Waals surface area contributed by atoms with Gasteiger partial charge in [0.15, 0.2) is 0 Å². The number of morpholine rings is 1. The van der Waals surface area contributed by atoms with Crippen LogP contribution in [-0.4, -0.2) is 59.7 Å². The predicted molar refractivity (Wildman–Crippen MR) is 101 cm³/mol. The van der Waals surface area contributed by atoms with Crippen LogP contribution >= 0.6 is 0 Å². The molecule has 2 aromatic heterocycles. The van der Waals surface area contributed by atoms with Crippen LogP contribution in [0, 0.1) is 0 Å². The van der Waals surface area contributed by atoms with E-state index < -0.39 is 0 Å². The first-order valence-electron chi connectivity index (χ1n) is 8.90. The van der Waals surface area contributed by atoms with E-state index in [1.165, 1.54) is 20.3 Å². The number of aromatic nitrogens is 3. The van der Waals surface area contributed by atoms with E-state index in [0.717, 1.165) is 16.5 Å². The second-order valence-corrected chi connectivity index (χ2v) is 6.35. The maximum atomic E-state index is 13.0. The van der Waals surface area contributed by atoms with Gasteiger partial charge in [0.25, 0.3) is 5.91 Å². The summed E-state index contributed by atoms with van der Waals surface area (Å²) in [5.41, 5.74) is 1.02. The molecule has 0 unspecified atom stereocenters.